The Bertz CT molecular complexity index is 1240. The molecule has 36 heavy (non-hydrogen) atoms. The number of ether oxygens (including phenoxy) is 2. The summed E-state index contributed by atoms with van der Waals surface area (Å²) in [5, 5.41) is 0. The Balaban J connectivity index is 1.61. The summed E-state index contributed by atoms with van der Waals surface area (Å²) in [6.45, 7) is 10.1. The fraction of sp³-hybridized carbons (Fsp3) is 0.286. The van der Waals surface area contributed by atoms with Crippen molar-refractivity contribution in [2.24, 2.45) is 0 Å². The molecule has 0 radical (unpaired) electrons. The summed E-state index contributed by atoms with van der Waals surface area (Å²) < 4.78 is 11.0. The van der Waals surface area contributed by atoms with E-state index in [9.17, 15) is 9.59 Å². The van der Waals surface area contributed by atoms with Crippen molar-refractivity contribution < 1.29 is 19.1 Å². The molecule has 186 valence electrons. The van der Waals surface area contributed by atoms with Gasteiger partial charge in [-0.1, -0.05) is 55.1 Å². The van der Waals surface area contributed by atoms with Gasteiger partial charge in [0.15, 0.2) is 5.82 Å². The molecule has 0 aliphatic carbocycles. The number of piperazine rings is 1. The number of anilines is 1. The fourth-order valence-electron chi connectivity index (χ4n) is 4.19. The zero-order valence-electron chi connectivity index (χ0n) is 20.6. The van der Waals surface area contributed by atoms with Gasteiger partial charge >= 0.3 is 5.97 Å². The smallest absolute Gasteiger partial charge is 0.342 e. The summed E-state index contributed by atoms with van der Waals surface area (Å²) in [6, 6.07) is 17.3. The van der Waals surface area contributed by atoms with E-state index in [1.54, 1.807) is 11.8 Å². The minimum Gasteiger partial charge on any atom is -0.492 e. The Labute approximate surface area is 211 Å². The minimum atomic E-state index is -0.639. The highest BCUT2D eigenvalue weighted by atomic mass is 16.5. The van der Waals surface area contributed by atoms with Crippen LogP contribution in [0.2, 0.25) is 0 Å². The summed E-state index contributed by atoms with van der Waals surface area (Å²) in [6.07, 6.45) is 1.48. The summed E-state index contributed by atoms with van der Waals surface area (Å²) in [7, 11) is 0. The van der Waals surface area contributed by atoms with Crippen LogP contribution in [-0.4, -0.2) is 66.1 Å². The molecule has 0 spiro atoms. The van der Waals surface area contributed by atoms with E-state index in [1.807, 2.05) is 61.5 Å². The molecule has 8 heteroatoms. The highest BCUT2D eigenvalue weighted by molar-refractivity contribution is 6.05. The molecule has 1 amide bonds. The van der Waals surface area contributed by atoms with Crippen molar-refractivity contribution >= 4 is 17.6 Å². The van der Waals surface area contributed by atoms with Crippen LogP contribution in [0.1, 0.15) is 33.5 Å². The van der Waals surface area contributed by atoms with E-state index >= 15 is 0 Å². The third-order valence-corrected chi connectivity index (χ3v) is 5.93. The number of aromatic nitrogens is 2. The lowest BCUT2D eigenvalue weighted by atomic mass is 10.1. The number of aryl methyl sites for hydroxylation is 1. The number of hydrogen-bond acceptors (Lipinski definition) is 7. The molecule has 0 atom stereocenters. The van der Waals surface area contributed by atoms with Gasteiger partial charge in [-0.25, -0.2) is 14.8 Å². The van der Waals surface area contributed by atoms with E-state index in [0.29, 0.717) is 44.3 Å². The molecule has 1 saturated heterocycles. The van der Waals surface area contributed by atoms with Gasteiger partial charge in [0.2, 0.25) is 0 Å². The second-order valence-corrected chi connectivity index (χ2v) is 8.29. The molecular weight excluding hydrogens is 456 g/mol. The molecule has 1 fully saturated rings. The van der Waals surface area contributed by atoms with Crippen molar-refractivity contribution in [2.75, 3.05) is 44.3 Å². The molecule has 0 bridgehead atoms. The van der Waals surface area contributed by atoms with Crippen LogP contribution in [0.15, 0.2) is 67.3 Å². The van der Waals surface area contributed by atoms with Crippen molar-refractivity contribution in [2.45, 2.75) is 13.8 Å². The predicted octanol–water partition coefficient (Wildman–Crippen LogP) is 4.16. The van der Waals surface area contributed by atoms with Gasteiger partial charge in [-0.15, -0.1) is 0 Å². The number of hydrogen-bond donors (Lipinski definition) is 0. The van der Waals surface area contributed by atoms with Gasteiger partial charge in [0, 0.05) is 31.7 Å². The van der Waals surface area contributed by atoms with Crippen LogP contribution in [0.4, 0.5) is 5.69 Å². The summed E-state index contributed by atoms with van der Waals surface area (Å²) in [4.78, 5) is 39.6. The van der Waals surface area contributed by atoms with E-state index < -0.39 is 5.97 Å². The lowest BCUT2D eigenvalue weighted by Gasteiger charge is -2.36. The first-order valence-electron chi connectivity index (χ1n) is 12.0. The zero-order chi connectivity index (χ0) is 25.5. The molecule has 0 saturated carbocycles. The molecule has 0 unspecified atom stereocenters. The third kappa shape index (κ3) is 5.38. The van der Waals surface area contributed by atoms with Crippen molar-refractivity contribution in [3.63, 3.8) is 0 Å². The first kappa shape index (κ1) is 24.9. The highest BCUT2D eigenvalue weighted by Gasteiger charge is 2.30. The van der Waals surface area contributed by atoms with E-state index in [0.717, 1.165) is 17.0 Å². The number of nitrogens with zero attached hydrogens (tertiary/aromatic N) is 4. The largest absolute Gasteiger partial charge is 0.492 e. The monoisotopic (exact) mass is 486 g/mol. The van der Waals surface area contributed by atoms with Crippen molar-refractivity contribution in [1.29, 1.82) is 0 Å². The van der Waals surface area contributed by atoms with Gasteiger partial charge < -0.3 is 19.3 Å². The lowest BCUT2D eigenvalue weighted by molar-refractivity contribution is 0.0537. The van der Waals surface area contributed by atoms with Gasteiger partial charge in [0.25, 0.3) is 5.91 Å². The Morgan fingerprint density at radius 2 is 1.69 bits per heavy atom. The van der Waals surface area contributed by atoms with Gasteiger partial charge in [-0.3, -0.25) is 4.79 Å². The van der Waals surface area contributed by atoms with E-state index in [2.05, 4.69) is 21.4 Å². The van der Waals surface area contributed by atoms with Crippen LogP contribution < -0.4 is 9.64 Å². The maximum atomic E-state index is 13.7. The van der Waals surface area contributed by atoms with Crippen LogP contribution in [0, 0.1) is 6.92 Å². The van der Waals surface area contributed by atoms with E-state index in [-0.39, 0.29) is 23.8 Å². The number of benzene rings is 2. The molecule has 2 heterocycles. The maximum absolute atomic E-state index is 13.7. The average molecular weight is 487 g/mol. The molecule has 1 aliphatic rings. The van der Waals surface area contributed by atoms with Crippen LogP contribution in [0.25, 0.3) is 11.4 Å². The Hall–Kier alpha value is -4.20. The molecule has 4 rings (SSSR count). The van der Waals surface area contributed by atoms with Crippen molar-refractivity contribution in [1.82, 2.24) is 14.9 Å². The van der Waals surface area contributed by atoms with E-state index in [4.69, 9.17) is 9.47 Å². The van der Waals surface area contributed by atoms with Crippen molar-refractivity contribution in [3.8, 4) is 17.1 Å². The van der Waals surface area contributed by atoms with Crippen LogP contribution in [0.5, 0.6) is 5.75 Å². The predicted molar refractivity (Wildman–Crippen MR) is 138 cm³/mol. The number of para-hydroxylation sites is 2. The normalized spacial score (nSPS) is 13.3. The molecule has 0 N–H and O–H groups in total. The SMILES string of the molecule is C=CCOC(=O)c1c(C)nc(-c2ccccc2)nc1C(=O)N1CCN(c2ccccc2OCC)CC1. The molecule has 3 aromatic rings. The standard InChI is InChI=1S/C28H30N4O4/c1-4-19-36-28(34)24-20(3)29-26(21-11-7-6-8-12-21)30-25(24)27(33)32-17-15-31(16-18-32)22-13-9-10-14-23(22)35-5-2/h4,6-14H,1,5,15-19H2,2-3H3. The van der Waals surface area contributed by atoms with E-state index in [1.165, 1.54) is 6.08 Å². The highest BCUT2D eigenvalue weighted by Crippen LogP contribution is 2.29. The number of esters is 1. The Morgan fingerprint density at radius 1 is 1.00 bits per heavy atom. The van der Waals surface area contributed by atoms with Gasteiger partial charge in [-0.05, 0) is 26.0 Å². The molecule has 1 aromatic heterocycles. The van der Waals surface area contributed by atoms with Gasteiger partial charge in [0.1, 0.15) is 23.6 Å². The fourth-order valence-corrected chi connectivity index (χ4v) is 4.19. The second kappa shape index (κ2) is 11.5. The number of amides is 1. The second-order valence-electron chi connectivity index (χ2n) is 8.29. The van der Waals surface area contributed by atoms with Crippen molar-refractivity contribution in [3.05, 3.63) is 84.2 Å². The quantitative estimate of drug-likeness (QED) is 0.349. The number of rotatable bonds is 8. The molecule has 2 aromatic carbocycles. The average Bonchev–Trinajstić information content (AvgIpc) is 2.92. The summed E-state index contributed by atoms with van der Waals surface area (Å²) >= 11 is 0. The molecular formula is C28H30N4O4. The topological polar surface area (TPSA) is 84.9 Å². The first-order valence-corrected chi connectivity index (χ1v) is 12.0. The minimum absolute atomic E-state index is 0.0320. The summed E-state index contributed by atoms with van der Waals surface area (Å²) in [5.41, 5.74) is 2.30. The summed E-state index contributed by atoms with van der Waals surface area (Å²) in [5.74, 6) is 0.257. The zero-order valence-corrected chi connectivity index (χ0v) is 20.6. The van der Waals surface area contributed by atoms with Gasteiger partial charge in [-0.2, -0.15) is 0 Å². The number of carbonyl (C=O) groups excluding carboxylic acids is 2. The van der Waals surface area contributed by atoms with Gasteiger partial charge in [0.05, 0.1) is 18.0 Å². The Kier molecular flexibility index (Phi) is 7.95. The van der Waals surface area contributed by atoms with Crippen LogP contribution in [-0.2, 0) is 4.74 Å². The first-order chi connectivity index (χ1) is 17.5. The lowest BCUT2D eigenvalue weighted by Crippen LogP contribution is -2.49. The van der Waals surface area contributed by atoms with Crippen LogP contribution in [0.3, 0.4) is 0 Å². The molecule has 8 nitrogen and oxygen atoms in total. The van der Waals surface area contributed by atoms with Crippen LogP contribution >= 0.6 is 0 Å². The maximum Gasteiger partial charge on any atom is 0.342 e. The molecule has 1 aliphatic heterocycles. The third-order valence-electron chi connectivity index (χ3n) is 5.93. The Morgan fingerprint density at radius 3 is 2.39 bits per heavy atom. The number of carbonyl (C=O) groups is 2.